The number of hydrogen-bond acceptors (Lipinski definition) is 3. The van der Waals surface area contributed by atoms with E-state index in [9.17, 15) is 4.79 Å². The molecular formula is C22H29N3O. The van der Waals surface area contributed by atoms with Crippen LogP contribution in [0.25, 0.3) is 0 Å². The van der Waals surface area contributed by atoms with Crippen molar-refractivity contribution in [1.29, 1.82) is 0 Å². The van der Waals surface area contributed by atoms with E-state index >= 15 is 0 Å². The number of amides is 1. The van der Waals surface area contributed by atoms with Gasteiger partial charge in [-0.15, -0.1) is 0 Å². The first-order valence-electron chi connectivity index (χ1n) is 9.60. The number of rotatable bonds is 5. The molecule has 138 valence electrons. The van der Waals surface area contributed by atoms with E-state index in [2.05, 4.69) is 28.9 Å². The summed E-state index contributed by atoms with van der Waals surface area (Å²) in [5, 5.41) is 0. The van der Waals surface area contributed by atoms with Crippen LogP contribution in [0.5, 0.6) is 0 Å². The van der Waals surface area contributed by atoms with Gasteiger partial charge in [-0.3, -0.25) is 4.79 Å². The minimum atomic E-state index is -0.0114. The average Bonchev–Trinajstić information content (AvgIpc) is 2.67. The maximum atomic E-state index is 13.0. The van der Waals surface area contributed by atoms with Crippen molar-refractivity contribution in [2.45, 2.75) is 46.2 Å². The Balaban J connectivity index is 1.71. The molecule has 0 saturated carbocycles. The average molecular weight is 351 g/mol. The van der Waals surface area contributed by atoms with Crippen molar-refractivity contribution in [2.75, 3.05) is 18.0 Å². The van der Waals surface area contributed by atoms with Crippen LogP contribution in [-0.4, -0.2) is 34.9 Å². The van der Waals surface area contributed by atoms with E-state index in [1.165, 1.54) is 12.8 Å². The highest BCUT2D eigenvalue weighted by atomic mass is 16.2. The minimum absolute atomic E-state index is 0.0114. The lowest BCUT2D eigenvalue weighted by Crippen LogP contribution is -2.37. The fraction of sp³-hybridized carbons (Fsp3) is 0.455. The Labute approximate surface area is 156 Å². The van der Waals surface area contributed by atoms with Gasteiger partial charge in [-0.2, -0.15) is 0 Å². The molecule has 1 aliphatic heterocycles. The van der Waals surface area contributed by atoms with Crippen LogP contribution in [0, 0.1) is 5.92 Å². The molecule has 1 aromatic carbocycles. The Bertz CT molecular complexity index is 704. The molecular weight excluding hydrogens is 322 g/mol. The molecule has 26 heavy (non-hydrogen) atoms. The van der Waals surface area contributed by atoms with Gasteiger partial charge in [0.25, 0.3) is 5.91 Å². The molecule has 0 spiro atoms. The summed E-state index contributed by atoms with van der Waals surface area (Å²) in [6, 6.07) is 14.1. The number of carbonyl (C=O) groups excluding carboxylic acids is 1. The van der Waals surface area contributed by atoms with E-state index in [4.69, 9.17) is 0 Å². The number of anilines is 1. The van der Waals surface area contributed by atoms with Crippen LogP contribution in [0.4, 0.5) is 5.69 Å². The van der Waals surface area contributed by atoms with Gasteiger partial charge in [0, 0.05) is 25.7 Å². The third kappa shape index (κ3) is 4.43. The number of nitrogens with zero attached hydrogens (tertiary/aromatic N) is 3. The van der Waals surface area contributed by atoms with Crippen molar-refractivity contribution in [2.24, 2.45) is 5.92 Å². The lowest BCUT2D eigenvalue weighted by molar-refractivity contribution is 0.0684. The predicted octanol–water partition coefficient (Wildman–Crippen LogP) is 4.37. The van der Waals surface area contributed by atoms with Crippen LogP contribution in [0.3, 0.4) is 0 Å². The topological polar surface area (TPSA) is 36.4 Å². The molecule has 0 bridgehead atoms. The molecule has 1 fully saturated rings. The maximum Gasteiger partial charge on any atom is 0.272 e. The Morgan fingerprint density at radius 1 is 1.15 bits per heavy atom. The summed E-state index contributed by atoms with van der Waals surface area (Å²) in [5.41, 5.74) is 2.77. The van der Waals surface area contributed by atoms with E-state index in [1.807, 2.05) is 55.3 Å². The number of pyridine rings is 1. The molecule has 4 nitrogen and oxygen atoms in total. The molecule has 2 aromatic rings. The molecule has 2 heterocycles. The molecule has 0 N–H and O–H groups in total. The van der Waals surface area contributed by atoms with E-state index < -0.39 is 0 Å². The molecule has 1 saturated heterocycles. The highest BCUT2D eigenvalue weighted by Gasteiger charge is 2.21. The van der Waals surface area contributed by atoms with Gasteiger partial charge < -0.3 is 9.80 Å². The summed E-state index contributed by atoms with van der Waals surface area (Å²) >= 11 is 0. The molecule has 0 radical (unpaired) electrons. The van der Waals surface area contributed by atoms with E-state index in [0.29, 0.717) is 12.2 Å². The molecule has 1 aliphatic rings. The molecule has 0 atom stereocenters. The second-order valence-corrected chi connectivity index (χ2v) is 7.58. The van der Waals surface area contributed by atoms with Crippen molar-refractivity contribution >= 4 is 11.6 Å². The molecule has 1 amide bonds. The third-order valence-corrected chi connectivity index (χ3v) is 5.20. The normalized spacial score (nSPS) is 15.3. The van der Waals surface area contributed by atoms with Gasteiger partial charge in [0.15, 0.2) is 0 Å². The lowest BCUT2D eigenvalue weighted by atomic mass is 9.99. The van der Waals surface area contributed by atoms with Gasteiger partial charge in [0.2, 0.25) is 0 Å². The first kappa shape index (κ1) is 18.4. The van der Waals surface area contributed by atoms with Gasteiger partial charge in [0.1, 0.15) is 5.69 Å². The summed E-state index contributed by atoms with van der Waals surface area (Å²) in [7, 11) is 0. The van der Waals surface area contributed by atoms with E-state index in [1.54, 1.807) is 0 Å². The van der Waals surface area contributed by atoms with Crippen LogP contribution in [0.2, 0.25) is 0 Å². The predicted molar refractivity (Wildman–Crippen MR) is 106 cm³/mol. The second kappa shape index (κ2) is 8.35. The van der Waals surface area contributed by atoms with Crippen LogP contribution < -0.4 is 4.90 Å². The van der Waals surface area contributed by atoms with Crippen molar-refractivity contribution < 1.29 is 4.79 Å². The quantitative estimate of drug-likeness (QED) is 0.803. The van der Waals surface area contributed by atoms with Crippen LogP contribution in [-0.2, 0) is 6.54 Å². The van der Waals surface area contributed by atoms with Crippen LogP contribution in [0.15, 0.2) is 48.7 Å². The summed E-state index contributed by atoms with van der Waals surface area (Å²) in [5.74, 6) is 0.792. The largest absolute Gasteiger partial charge is 0.370 e. The first-order chi connectivity index (χ1) is 12.5. The number of hydrogen-bond donors (Lipinski definition) is 0. The maximum absolute atomic E-state index is 13.0. The highest BCUT2D eigenvalue weighted by molar-refractivity contribution is 5.92. The van der Waals surface area contributed by atoms with Crippen LogP contribution in [0.1, 0.15) is 49.7 Å². The van der Waals surface area contributed by atoms with Gasteiger partial charge in [-0.05, 0) is 50.3 Å². The van der Waals surface area contributed by atoms with E-state index in [0.717, 1.165) is 30.3 Å². The number of aromatic nitrogens is 1. The highest BCUT2D eigenvalue weighted by Crippen LogP contribution is 2.23. The van der Waals surface area contributed by atoms with Crippen molar-refractivity contribution in [3.8, 4) is 0 Å². The zero-order chi connectivity index (χ0) is 18.5. The smallest absolute Gasteiger partial charge is 0.272 e. The SMILES string of the molecule is CC1CCN(c2ccc(C(=O)N(Cc3ccccc3)C(C)C)nc2)CC1. The standard InChI is InChI=1S/C22H29N3O/c1-17(2)25(16-19-7-5-4-6-8-19)22(26)21-10-9-20(15-23-21)24-13-11-18(3)12-14-24/h4-10,15,17-18H,11-14,16H2,1-3H3. The number of carbonyl (C=O) groups is 1. The van der Waals surface area contributed by atoms with Crippen molar-refractivity contribution in [1.82, 2.24) is 9.88 Å². The molecule has 0 aliphatic carbocycles. The first-order valence-corrected chi connectivity index (χ1v) is 9.60. The summed E-state index contributed by atoms with van der Waals surface area (Å²) < 4.78 is 0. The summed E-state index contributed by atoms with van der Waals surface area (Å²) in [6.07, 6.45) is 4.29. The number of benzene rings is 1. The van der Waals surface area contributed by atoms with Gasteiger partial charge in [-0.1, -0.05) is 37.3 Å². The van der Waals surface area contributed by atoms with Crippen molar-refractivity contribution in [3.63, 3.8) is 0 Å². The summed E-state index contributed by atoms with van der Waals surface area (Å²) in [6.45, 7) is 9.15. The van der Waals surface area contributed by atoms with Gasteiger partial charge in [-0.25, -0.2) is 4.98 Å². The fourth-order valence-corrected chi connectivity index (χ4v) is 3.38. The van der Waals surface area contributed by atoms with Crippen LogP contribution >= 0.6 is 0 Å². The molecule has 0 unspecified atom stereocenters. The lowest BCUT2D eigenvalue weighted by Gasteiger charge is -2.32. The number of piperidine rings is 1. The zero-order valence-corrected chi connectivity index (χ0v) is 16.1. The Morgan fingerprint density at radius 3 is 2.42 bits per heavy atom. The Hall–Kier alpha value is -2.36. The van der Waals surface area contributed by atoms with Gasteiger partial charge in [0.05, 0.1) is 11.9 Å². The minimum Gasteiger partial charge on any atom is -0.370 e. The molecule has 3 rings (SSSR count). The fourth-order valence-electron chi connectivity index (χ4n) is 3.38. The monoisotopic (exact) mass is 351 g/mol. The Morgan fingerprint density at radius 2 is 1.85 bits per heavy atom. The molecule has 1 aromatic heterocycles. The van der Waals surface area contributed by atoms with E-state index in [-0.39, 0.29) is 11.9 Å². The van der Waals surface area contributed by atoms with Gasteiger partial charge >= 0.3 is 0 Å². The zero-order valence-electron chi connectivity index (χ0n) is 16.1. The van der Waals surface area contributed by atoms with Crippen molar-refractivity contribution in [3.05, 3.63) is 59.9 Å². The summed E-state index contributed by atoms with van der Waals surface area (Å²) in [4.78, 5) is 21.7. The Kier molecular flexibility index (Phi) is 5.92. The molecule has 4 heteroatoms. The third-order valence-electron chi connectivity index (χ3n) is 5.20. The second-order valence-electron chi connectivity index (χ2n) is 7.58.